The minimum absolute atomic E-state index is 0.0576. The standard InChI is InChI=1S/C13H12N2O5S/c1-8-14-5-10(21-8)7-20-13-4-11(15(17)18)9(6-16)3-12(13)19-2/h3-6H,7H2,1-2H3. The first kappa shape index (κ1) is 14.9. The minimum Gasteiger partial charge on any atom is -0.493 e. The number of ether oxygens (including phenoxy) is 2. The Morgan fingerprint density at radius 3 is 2.71 bits per heavy atom. The van der Waals surface area contributed by atoms with Gasteiger partial charge in [0.15, 0.2) is 17.8 Å². The fraction of sp³-hybridized carbons (Fsp3) is 0.231. The second-order valence-corrected chi connectivity index (χ2v) is 5.39. The second kappa shape index (κ2) is 6.31. The van der Waals surface area contributed by atoms with E-state index in [0.717, 1.165) is 9.88 Å². The van der Waals surface area contributed by atoms with Crippen LogP contribution in [0.2, 0.25) is 0 Å². The van der Waals surface area contributed by atoms with Crippen molar-refractivity contribution in [2.24, 2.45) is 0 Å². The number of nitro groups is 1. The molecule has 0 radical (unpaired) electrons. The van der Waals surface area contributed by atoms with Crippen LogP contribution < -0.4 is 9.47 Å². The highest BCUT2D eigenvalue weighted by Crippen LogP contribution is 2.34. The Balaban J connectivity index is 2.30. The monoisotopic (exact) mass is 308 g/mol. The number of benzene rings is 1. The molecule has 1 aromatic heterocycles. The van der Waals surface area contributed by atoms with E-state index in [1.54, 1.807) is 6.20 Å². The maximum Gasteiger partial charge on any atom is 0.283 e. The van der Waals surface area contributed by atoms with E-state index >= 15 is 0 Å². The first-order chi connectivity index (χ1) is 10.0. The number of nitro benzene ring substituents is 1. The fourth-order valence-electron chi connectivity index (χ4n) is 1.71. The summed E-state index contributed by atoms with van der Waals surface area (Å²) in [5.41, 5.74) is -0.376. The van der Waals surface area contributed by atoms with Gasteiger partial charge in [-0.1, -0.05) is 0 Å². The van der Waals surface area contributed by atoms with Crippen molar-refractivity contribution in [3.05, 3.63) is 43.9 Å². The molecule has 0 saturated heterocycles. The quantitative estimate of drug-likeness (QED) is 0.463. The first-order valence-electron chi connectivity index (χ1n) is 5.91. The molecule has 1 heterocycles. The first-order valence-corrected chi connectivity index (χ1v) is 6.72. The van der Waals surface area contributed by atoms with Gasteiger partial charge in [-0.25, -0.2) is 4.98 Å². The number of thiazole rings is 1. The highest BCUT2D eigenvalue weighted by molar-refractivity contribution is 7.11. The van der Waals surface area contributed by atoms with Crippen LogP contribution >= 0.6 is 11.3 Å². The molecule has 7 nitrogen and oxygen atoms in total. The summed E-state index contributed by atoms with van der Waals surface area (Å²) in [4.78, 5) is 26.2. The summed E-state index contributed by atoms with van der Waals surface area (Å²) in [5.74, 6) is 0.477. The Bertz CT molecular complexity index is 683. The van der Waals surface area contributed by atoms with Gasteiger partial charge in [-0.05, 0) is 6.92 Å². The lowest BCUT2D eigenvalue weighted by atomic mass is 10.1. The number of hydrogen-bond donors (Lipinski definition) is 0. The maximum atomic E-state index is 11.0. The van der Waals surface area contributed by atoms with Crippen LogP contribution in [0.5, 0.6) is 11.5 Å². The van der Waals surface area contributed by atoms with Gasteiger partial charge < -0.3 is 9.47 Å². The van der Waals surface area contributed by atoms with Gasteiger partial charge in [-0.2, -0.15) is 0 Å². The van der Waals surface area contributed by atoms with E-state index in [2.05, 4.69) is 4.98 Å². The van der Waals surface area contributed by atoms with Crippen LogP contribution in [0, 0.1) is 17.0 Å². The van der Waals surface area contributed by atoms with E-state index in [1.165, 1.54) is 30.6 Å². The third kappa shape index (κ3) is 3.34. The predicted octanol–water partition coefficient (Wildman–Crippen LogP) is 2.76. The van der Waals surface area contributed by atoms with Crippen LogP contribution in [-0.4, -0.2) is 23.3 Å². The molecule has 0 N–H and O–H groups in total. The van der Waals surface area contributed by atoms with E-state index in [-0.39, 0.29) is 29.4 Å². The summed E-state index contributed by atoms with van der Waals surface area (Å²) in [6.07, 6.45) is 2.09. The van der Waals surface area contributed by atoms with Crippen molar-refractivity contribution in [1.29, 1.82) is 0 Å². The average Bonchev–Trinajstić information content (AvgIpc) is 2.89. The molecule has 0 unspecified atom stereocenters. The average molecular weight is 308 g/mol. The highest BCUT2D eigenvalue weighted by Gasteiger charge is 2.19. The van der Waals surface area contributed by atoms with E-state index in [1.807, 2.05) is 6.92 Å². The molecule has 21 heavy (non-hydrogen) atoms. The molecule has 0 saturated carbocycles. The summed E-state index contributed by atoms with van der Waals surface area (Å²) in [7, 11) is 1.40. The van der Waals surface area contributed by atoms with Gasteiger partial charge >= 0.3 is 0 Å². The van der Waals surface area contributed by atoms with E-state index in [4.69, 9.17) is 9.47 Å². The lowest BCUT2D eigenvalue weighted by Crippen LogP contribution is -2.00. The van der Waals surface area contributed by atoms with Gasteiger partial charge in [0.05, 0.1) is 33.5 Å². The van der Waals surface area contributed by atoms with Gasteiger partial charge in [0.1, 0.15) is 6.61 Å². The van der Waals surface area contributed by atoms with Crippen molar-refractivity contribution in [3.63, 3.8) is 0 Å². The van der Waals surface area contributed by atoms with Crippen molar-refractivity contribution in [2.45, 2.75) is 13.5 Å². The molecular formula is C13H12N2O5S. The van der Waals surface area contributed by atoms with Crippen LogP contribution in [0.1, 0.15) is 20.2 Å². The van der Waals surface area contributed by atoms with Crippen LogP contribution in [0.25, 0.3) is 0 Å². The molecule has 0 bridgehead atoms. The Hall–Kier alpha value is -2.48. The fourth-order valence-corrected chi connectivity index (χ4v) is 2.42. The van der Waals surface area contributed by atoms with Crippen molar-refractivity contribution in [2.75, 3.05) is 7.11 Å². The summed E-state index contributed by atoms with van der Waals surface area (Å²) < 4.78 is 10.6. The number of aromatic nitrogens is 1. The number of methoxy groups -OCH3 is 1. The Morgan fingerprint density at radius 2 is 2.19 bits per heavy atom. The smallest absolute Gasteiger partial charge is 0.283 e. The molecule has 0 spiro atoms. The zero-order valence-electron chi connectivity index (χ0n) is 11.4. The van der Waals surface area contributed by atoms with Gasteiger partial charge in [0, 0.05) is 12.3 Å². The number of carbonyl (C=O) groups is 1. The summed E-state index contributed by atoms with van der Waals surface area (Å²) in [5, 5.41) is 11.9. The van der Waals surface area contributed by atoms with Gasteiger partial charge in [-0.15, -0.1) is 11.3 Å². The van der Waals surface area contributed by atoms with Crippen molar-refractivity contribution in [3.8, 4) is 11.5 Å². The number of carbonyl (C=O) groups excluding carboxylic acids is 1. The molecular weight excluding hydrogens is 296 g/mol. The normalized spacial score (nSPS) is 10.2. The van der Waals surface area contributed by atoms with Crippen LogP contribution in [0.15, 0.2) is 18.3 Å². The SMILES string of the molecule is COc1cc(C=O)c([N+](=O)[O-])cc1OCc1cnc(C)s1. The van der Waals surface area contributed by atoms with Crippen LogP contribution in [0.3, 0.4) is 0 Å². The third-order valence-corrected chi connectivity index (χ3v) is 3.56. The molecule has 0 fully saturated rings. The van der Waals surface area contributed by atoms with Gasteiger partial charge in [-0.3, -0.25) is 14.9 Å². The molecule has 1 aromatic carbocycles. The largest absolute Gasteiger partial charge is 0.493 e. The summed E-state index contributed by atoms with van der Waals surface area (Å²) in [6, 6.07) is 2.48. The topological polar surface area (TPSA) is 91.6 Å². The summed E-state index contributed by atoms with van der Waals surface area (Å²) in [6.45, 7) is 2.10. The second-order valence-electron chi connectivity index (χ2n) is 4.07. The Kier molecular flexibility index (Phi) is 4.49. The zero-order valence-corrected chi connectivity index (χ0v) is 12.2. The minimum atomic E-state index is -0.632. The molecule has 0 aliphatic rings. The van der Waals surface area contributed by atoms with Crippen molar-refractivity contribution in [1.82, 2.24) is 4.98 Å². The van der Waals surface area contributed by atoms with E-state index in [0.29, 0.717) is 6.29 Å². The van der Waals surface area contributed by atoms with Crippen LogP contribution in [0.4, 0.5) is 5.69 Å². The number of hydrogen-bond acceptors (Lipinski definition) is 7. The highest BCUT2D eigenvalue weighted by atomic mass is 32.1. The Morgan fingerprint density at radius 1 is 1.43 bits per heavy atom. The molecule has 0 amide bonds. The molecule has 0 aliphatic carbocycles. The van der Waals surface area contributed by atoms with Crippen molar-refractivity contribution >= 4 is 23.3 Å². The lowest BCUT2D eigenvalue weighted by molar-refractivity contribution is -0.385. The predicted molar refractivity (Wildman–Crippen MR) is 76.2 cm³/mol. The molecule has 8 heteroatoms. The molecule has 0 aliphatic heterocycles. The number of aryl methyl sites for hydroxylation is 1. The number of rotatable bonds is 6. The zero-order chi connectivity index (χ0) is 15.4. The van der Waals surface area contributed by atoms with Gasteiger partial charge in [0.25, 0.3) is 5.69 Å². The van der Waals surface area contributed by atoms with Gasteiger partial charge in [0.2, 0.25) is 0 Å². The molecule has 0 atom stereocenters. The Labute approximate surface area is 124 Å². The lowest BCUT2D eigenvalue weighted by Gasteiger charge is -2.10. The van der Waals surface area contributed by atoms with Crippen molar-refractivity contribution < 1.29 is 19.2 Å². The van der Waals surface area contributed by atoms with Crippen LogP contribution in [-0.2, 0) is 6.61 Å². The molecule has 2 aromatic rings. The summed E-state index contributed by atoms with van der Waals surface area (Å²) >= 11 is 1.47. The third-order valence-electron chi connectivity index (χ3n) is 2.68. The molecule has 110 valence electrons. The molecule has 2 rings (SSSR count). The number of aldehydes is 1. The number of nitrogens with zero attached hydrogens (tertiary/aromatic N) is 2. The van der Waals surface area contributed by atoms with E-state index < -0.39 is 4.92 Å². The maximum absolute atomic E-state index is 11.0. The van der Waals surface area contributed by atoms with E-state index in [9.17, 15) is 14.9 Å².